The Morgan fingerprint density at radius 1 is 1.11 bits per heavy atom. The summed E-state index contributed by atoms with van der Waals surface area (Å²) in [7, 11) is 0. The molecule has 0 unspecified atom stereocenters. The van der Waals surface area contributed by atoms with Gasteiger partial charge >= 0.3 is 0 Å². The van der Waals surface area contributed by atoms with Crippen LogP contribution < -0.4 is 5.32 Å². The van der Waals surface area contributed by atoms with Crippen molar-refractivity contribution in [3.8, 4) is 5.82 Å². The molecule has 0 radical (unpaired) electrons. The second-order valence-electron chi connectivity index (χ2n) is 4.51. The predicted molar refractivity (Wildman–Crippen MR) is 75.1 cm³/mol. The van der Waals surface area contributed by atoms with Crippen LogP contribution in [0.5, 0.6) is 0 Å². The van der Waals surface area contributed by atoms with Gasteiger partial charge in [-0.1, -0.05) is 13.8 Å². The van der Waals surface area contributed by atoms with E-state index in [2.05, 4.69) is 34.1 Å². The number of hydrogen-bond donors (Lipinski definition) is 1. The molecule has 5 heteroatoms. The molecule has 5 nitrogen and oxygen atoms in total. The maximum atomic E-state index is 4.46. The highest BCUT2D eigenvalue weighted by atomic mass is 15.1. The van der Waals surface area contributed by atoms with E-state index in [0.29, 0.717) is 0 Å². The van der Waals surface area contributed by atoms with Gasteiger partial charge in [0.2, 0.25) is 0 Å². The van der Waals surface area contributed by atoms with Crippen molar-refractivity contribution in [3.05, 3.63) is 36.3 Å². The van der Waals surface area contributed by atoms with Crippen molar-refractivity contribution in [2.75, 3.05) is 6.54 Å². The summed E-state index contributed by atoms with van der Waals surface area (Å²) >= 11 is 0. The molecule has 0 aliphatic heterocycles. The molecule has 19 heavy (non-hydrogen) atoms. The molecule has 0 saturated carbocycles. The van der Waals surface area contributed by atoms with Crippen LogP contribution in [-0.4, -0.2) is 26.1 Å². The Morgan fingerprint density at radius 2 is 2.00 bits per heavy atom. The minimum Gasteiger partial charge on any atom is -0.311 e. The lowest BCUT2D eigenvalue weighted by Gasteiger charge is -2.07. The van der Waals surface area contributed by atoms with E-state index in [1.165, 1.54) is 0 Å². The number of imidazole rings is 1. The van der Waals surface area contributed by atoms with Gasteiger partial charge < -0.3 is 5.32 Å². The van der Waals surface area contributed by atoms with E-state index in [-0.39, 0.29) is 0 Å². The first-order chi connectivity index (χ1) is 9.35. The molecule has 2 aromatic rings. The lowest BCUT2D eigenvalue weighted by Crippen LogP contribution is -2.15. The van der Waals surface area contributed by atoms with Crippen molar-refractivity contribution in [2.45, 2.75) is 39.7 Å². The van der Waals surface area contributed by atoms with E-state index >= 15 is 0 Å². The third-order valence-corrected chi connectivity index (χ3v) is 2.86. The minimum absolute atomic E-state index is 0.771. The number of aryl methyl sites for hydroxylation is 1. The smallest absolute Gasteiger partial charge is 0.156 e. The fraction of sp³-hybridized carbons (Fsp3) is 0.500. The molecule has 1 N–H and O–H groups in total. The summed E-state index contributed by atoms with van der Waals surface area (Å²) in [6.45, 7) is 6.07. The van der Waals surface area contributed by atoms with Crippen LogP contribution in [0.25, 0.3) is 5.82 Å². The van der Waals surface area contributed by atoms with Gasteiger partial charge in [0.05, 0.1) is 18.1 Å². The summed E-state index contributed by atoms with van der Waals surface area (Å²) in [4.78, 5) is 13.2. The molecule has 102 valence electrons. The van der Waals surface area contributed by atoms with Crippen LogP contribution in [0.1, 0.15) is 38.2 Å². The Balaban J connectivity index is 2.07. The lowest BCUT2D eigenvalue weighted by atomic mass is 10.3. The van der Waals surface area contributed by atoms with E-state index in [0.717, 1.165) is 49.7 Å². The zero-order valence-electron chi connectivity index (χ0n) is 11.6. The van der Waals surface area contributed by atoms with E-state index in [1.807, 2.05) is 29.4 Å². The van der Waals surface area contributed by atoms with Crippen molar-refractivity contribution in [3.63, 3.8) is 0 Å². The van der Waals surface area contributed by atoms with Gasteiger partial charge in [-0.3, -0.25) is 9.55 Å². The maximum absolute atomic E-state index is 4.46. The largest absolute Gasteiger partial charge is 0.311 e. The monoisotopic (exact) mass is 259 g/mol. The van der Waals surface area contributed by atoms with Crippen LogP contribution in [0.15, 0.2) is 24.8 Å². The van der Waals surface area contributed by atoms with Gasteiger partial charge in [-0.25, -0.2) is 9.97 Å². The summed E-state index contributed by atoms with van der Waals surface area (Å²) in [5.74, 6) is 1.87. The molecule has 0 saturated heterocycles. The summed E-state index contributed by atoms with van der Waals surface area (Å²) in [6, 6.07) is 0. The Hall–Kier alpha value is -1.75. The van der Waals surface area contributed by atoms with Gasteiger partial charge in [-0.15, -0.1) is 0 Å². The summed E-state index contributed by atoms with van der Waals surface area (Å²) in [6.07, 6.45) is 10.5. The van der Waals surface area contributed by atoms with Gasteiger partial charge in [0.1, 0.15) is 5.82 Å². The highest BCUT2D eigenvalue weighted by molar-refractivity contribution is 5.22. The van der Waals surface area contributed by atoms with Crippen molar-refractivity contribution >= 4 is 0 Å². The van der Waals surface area contributed by atoms with Gasteiger partial charge in [-0.2, -0.15) is 0 Å². The van der Waals surface area contributed by atoms with Crippen LogP contribution in [-0.2, 0) is 13.0 Å². The SMILES string of the molecule is CCCNCc1cnc(-n2ccnc2CCC)cn1. The van der Waals surface area contributed by atoms with E-state index < -0.39 is 0 Å². The van der Waals surface area contributed by atoms with Crippen molar-refractivity contribution in [2.24, 2.45) is 0 Å². The van der Waals surface area contributed by atoms with Gasteiger partial charge in [0.15, 0.2) is 5.82 Å². The van der Waals surface area contributed by atoms with Crippen LogP contribution in [0.3, 0.4) is 0 Å². The van der Waals surface area contributed by atoms with Crippen molar-refractivity contribution in [1.82, 2.24) is 24.8 Å². The highest BCUT2D eigenvalue weighted by Crippen LogP contribution is 2.08. The number of nitrogens with zero attached hydrogens (tertiary/aromatic N) is 4. The normalized spacial score (nSPS) is 10.8. The Labute approximate surface area is 114 Å². The molecule has 0 atom stereocenters. The van der Waals surface area contributed by atoms with Gasteiger partial charge in [0.25, 0.3) is 0 Å². The zero-order valence-corrected chi connectivity index (χ0v) is 11.6. The number of nitrogens with one attached hydrogen (secondary N) is 1. The maximum Gasteiger partial charge on any atom is 0.156 e. The fourth-order valence-electron chi connectivity index (χ4n) is 1.91. The average molecular weight is 259 g/mol. The minimum atomic E-state index is 0.771. The Morgan fingerprint density at radius 3 is 2.68 bits per heavy atom. The zero-order chi connectivity index (χ0) is 13.5. The quantitative estimate of drug-likeness (QED) is 0.774. The first-order valence-corrected chi connectivity index (χ1v) is 6.89. The first kappa shape index (κ1) is 13.7. The molecule has 0 aliphatic carbocycles. The topological polar surface area (TPSA) is 55.6 Å². The molecule has 2 aromatic heterocycles. The number of hydrogen-bond acceptors (Lipinski definition) is 4. The average Bonchev–Trinajstić information content (AvgIpc) is 2.89. The molecule has 2 rings (SSSR count). The van der Waals surface area contributed by atoms with E-state index in [9.17, 15) is 0 Å². The first-order valence-electron chi connectivity index (χ1n) is 6.89. The fourth-order valence-corrected chi connectivity index (χ4v) is 1.91. The van der Waals surface area contributed by atoms with Crippen molar-refractivity contribution in [1.29, 1.82) is 0 Å². The molecule has 2 heterocycles. The van der Waals surface area contributed by atoms with Gasteiger partial charge in [-0.05, 0) is 19.4 Å². The van der Waals surface area contributed by atoms with Crippen molar-refractivity contribution < 1.29 is 0 Å². The molecule has 0 fully saturated rings. The summed E-state index contributed by atoms with van der Waals surface area (Å²) in [5.41, 5.74) is 0.967. The Bertz CT molecular complexity index is 489. The number of rotatable bonds is 7. The molecule has 0 spiro atoms. The van der Waals surface area contributed by atoms with Gasteiger partial charge in [0, 0.05) is 25.4 Å². The lowest BCUT2D eigenvalue weighted by molar-refractivity contribution is 0.660. The summed E-state index contributed by atoms with van der Waals surface area (Å²) in [5, 5.41) is 3.32. The second kappa shape index (κ2) is 6.99. The standard InChI is InChI=1S/C14H21N5/c1-3-5-13-16-7-8-19(13)14-11-17-12(10-18-14)9-15-6-4-2/h7-8,10-11,15H,3-6,9H2,1-2H3. The molecular formula is C14H21N5. The third-order valence-electron chi connectivity index (χ3n) is 2.86. The van der Waals surface area contributed by atoms with E-state index in [1.54, 1.807) is 0 Å². The molecule has 0 amide bonds. The molecule has 0 aliphatic rings. The van der Waals surface area contributed by atoms with E-state index in [4.69, 9.17) is 0 Å². The number of aromatic nitrogens is 4. The van der Waals surface area contributed by atoms with Crippen LogP contribution >= 0.6 is 0 Å². The Kier molecular flexibility index (Phi) is 5.03. The van der Waals surface area contributed by atoms with Crippen LogP contribution in [0.4, 0.5) is 0 Å². The second-order valence-corrected chi connectivity index (χ2v) is 4.51. The molecule has 0 aromatic carbocycles. The third kappa shape index (κ3) is 3.61. The molecular weight excluding hydrogens is 238 g/mol. The predicted octanol–water partition coefficient (Wildman–Crippen LogP) is 2.11. The highest BCUT2D eigenvalue weighted by Gasteiger charge is 2.05. The summed E-state index contributed by atoms with van der Waals surface area (Å²) < 4.78 is 2.00. The molecule has 0 bridgehead atoms. The van der Waals surface area contributed by atoms with Crippen LogP contribution in [0, 0.1) is 0 Å². The van der Waals surface area contributed by atoms with Crippen LogP contribution in [0.2, 0.25) is 0 Å².